The zero-order valence-electron chi connectivity index (χ0n) is 10.9. The molecule has 19 heavy (non-hydrogen) atoms. The Kier molecular flexibility index (Phi) is 5.53. The number of alkyl halides is 1. The molecule has 1 amide bonds. The Labute approximate surface area is 124 Å². The van der Waals surface area contributed by atoms with Gasteiger partial charge in [0.25, 0.3) is 0 Å². The standard InChI is InChI=1S/C15H19Cl2NO/c16-10-2-1-3-15(19)18(14-8-9-14)11-12-4-6-13(17)7-5-12/h4-7,14H,1-3,8-11H2. The summed E-state index contributed by atoms with van der Waals surface area (Å²) in [6, 6.07) is 8.17. The molecule has 0 aromatic heterocycles. The molecule has 0 saturated heterocycles. The number of carbonyl (C=O) groups excluding carboxylic acids is 1. The Morgan fingerprint density at radius 2 is 1.89 bits per heavy atom. The molecule has 0 bridgehead atoms. The first kappa shape index (κ1) is 14.7. The second-order valence-electron chi connectivity index (χ2n) is 5.03. The zero-order chi connectivity index (χ0) is 13.7. The Bertz CT molecular complexity index is 415. The average Bonchev–Trinajstić information content (AvgIpc) is 3.22. The topological polar surface area (TPSA) is 20.3 Å². The summed E-state index contributed by atoms with van der Waals surface area (Å²) in [6.07, 6.45) is 4.67. The van der Waals surface area contributed by atoms with E-state index < -0.39 is 0 Å². The van der Waals surface area contributed by atoms with Crippen molar-refractivity contribution in [1.82, 2.24) is 4.90 Å². The van der Waals surface area contributed by atoms with Crippen LogP contribution in [0.1, 0.15) is 37.7 Å². The fourth-order valence-electron chi connectivity index (χ4n) is 2.11. The highest BCUT2D eigenvalue weighted by molar-refractivity contribution is 6.30. The first-order valence-corrected chi connectivity index (χ1v) is 7.72. The van der Waals surface area contributed by atoms with Crippen LogP contribution in [0, 0.1) is 0 Å². The van der Waals surface area contributed by atoms with Gasteiger partial charge in [0.05, 0.1) is 0 Å². The van der Waals surface area contributed by atoms with Crippen molar-refractivity contribution in [3.63, 3.8) is 0 Å². The van der Waals surface area contributed by atoms with Crippen LogP contribution in [-0.2, 0) is 11.3 Å². The van der Waals surface area contributed by atoms with Crippen LogP contribution in [0.25, 0.3) is 0 Å². The molecule has 1 aliphatic carbocycles. The van der Waals surface area contributed by atoms with E-state index in [1.165, 1.54) is 0 Å². The Morgan fingerprint density at radius 1 is 1.21 bits per heavy atom. The summed E-state index contributed by atoms with van der Waals surface area (Å²) in [6.45, 7) is 0.696. The van der Waals surface area contributed by atoms with Crippen molar-refractivity contribution in [3.8, 4) is 0 Å². The molecule has 0 N–H and O–H groups in total. The van der Waals surface area contributed by atoms with E-state index in [1.54, 1.807) is 0 Å². The van der Waals surface area contributed by atoms with Crippen molar-refractivity contribution in [3.05, 3.63) is 34.9 Å². The third kappa shape index (κ3) is 4.70. The molecule has 0 aliphatic heterocycles. The highest BCUT2D eigenvalue weighted by Gasteiger charge is 2.31. The quantitative estimate of drug-likeness (QED) is 0.545. The van der Waals surface area contributed by atoms with Crippen molar-refractivity contribution in [2.75, 3.05) is 5.88 Å². The number of hydrogen-bond donors (Lipinski definition) is 0. The number of unbranched alkanes of at least 4 members (excludes halogenated alkanes) is 1. The van der Waals surface area contributed by atoms with Crippen molar-refractivity contribution in [2.24, 2.45) is 0 Å². The van der Waals surface area contributed by atoms with Gasteiger partial charge in [0, 0.05) is 29.9 Å². The number of benzene rings is 1. The molecule has 1 aliphatic rings. The smallest absolute Gasteiger partial charge is 0.223 e. The zero-order valence-corrected chi connectivity index (χ0v) is 12.5. The van der Waals surface area contributed by atoms with E-state index in [1.807, 2.05) is 29.2 Å². The first-order valence-electron chi connectivity index (χ1n) is 6.80. The Morgan fingerprint density at radius 3 is 2.47 bits per heavy atom. The lowest BCUT2D eigenvalue weighted by molar-refractivity contribution is -0.132. The number of halogens is 2. The number of amides is 1. The van der Waals surface area contributed by atoms with Crippen LogP contribution in [-0.4, -0.2) is 22.7 Å². The van der Waals surface area contributed by atoms with E-state index in [2.05, 4.69) is 0 Å². The van der Waals surface area contributed by atoms with Gasteiger partial charge >= 0.3 is 0 Å². The molecule has 1 aromatic carbocycles. The maximum absolute atomic E-state index is 12.2. The summed E-state index contributed by atoms with van der Waals surface area (Å²) in [5.41, 5.74) is 1.14. The van der Waals surface area contributed by atoms with E-state index in [0.29, 0.717) is 24.9 Å². The van der Waals surface area contributed by atoms with Gasteiger partial charge in [-0.1, -0.05) is 23.7 Å². The van der Waals surface area contributed by atoms with Crippen LogP contribution in [0.3, 0.4) is 0 Å². The molecule has 0 spiro atoms. The van der Waals surface area contributed by atoms with Crippen molar-refractivity contribution >= 4 is 29.1 Å². The normalized spacial score (nSPS) is 14.4. The van der Waals surface area contributed by atoms with Gasteiger partial charge < -0.3 is 4.90 Å². The lowest BCUT2D eigenvalue weighted by atomic mass is 10.2. The van der Waals surface area contributed by atoms with E-state index >= 15 is 0 Å². The molecule has 1 fully saturated rings. The highest BCUT2D eigenvalue weighted by atomic mass is 35.5. The van der Waals surface area contributed by atoms with Gasteiger partial charge in [-0.15, -0.1) is 11.6 Å². The van der Waals surface area contributed by atoms with Crippen LogP contribution in [0.15, 0.2) is 24.3 Å². The third-order valence-electron chi connectivity index (χ3n) is 3.35. The molecule has 0 heterocycles. The van der Waals surface area contributed by atoms with Gasteiger partial charge in [-0.3, -0.25) is 4.79 Å². The lowest BCUT2D eigenvalue weighted by Crippen LogP contribution is -2.32. The van der Waals surface area contributed by atoms with Crippen molar-refractivity contribution in [2.45, 2.75) is 44.7 Å². The molecule has 0 radical (unpaired) electrons. The average molecular weight is 300 g/mol. The van der Waals surface area contributed by atoms with Crippen LogP contribution in [0.4, 0.5) is 0 Å². The second kappa shape index (κ2) is 7.16. The van der Waals surface area contributed by atoms with E-state index in [0.717, 1.165) is 36.3 Å². The fraction of sp³-hybridized carbons (Fsp3) is 0.533. The molecule has 4 heteroatoms. The highest BCUT2D eigenvalue weighted by Crippen LogP contribution is 2.29. The minimum atomic E-state index is 0.252. The minimum absolute atomic E-state index is 0.252. The summed E-state index contributed by atoms with van der Waals surface area (Å²) < 4.78 is 0. The monoisotopic (exact) mass is 299 g/mol. The summed E-state index contributed by atoms with van der Waals surface area (Å²) in [5, 5.41) is 0.732. The molecular formula is C15H19Cl2NO. The largest absolute Gasteiger partial charge is 0.335 e. The van der Waals surface area contributed by atoms with Crippen molar-refractivity contribution < 1.29 is 4.79 Å². The number of rotatable bonds is 7. The number of hydrogen-bond acceptors (Lipinski definition) is 1. The van der Waals surface area contributed by atoms with E-state index in [9.17, 15) is 4.79 Å². The number of carbonyl (C=O) groups is 1. The second-order valence-corrected chi connectivity index (χ2v) is 5.84. The van der Waals surface area contributed by atoms with Crippen LogP contribution in [0.5, 0.6) is 0 Å². The summed E-state index contributed by atoms with van der Waals surface area (Å²) in [4.78, 5) is 14.2. The van der Waals surface area contributed by atoms with Crippen LogP contribution in [0.2, 0.25) is 5.02 Å². The maximum atomic E-state index is 12.2. The lowest BCUT2D eigenvalue weighted by Gasteiger charge is -2.22. The maximum Gasteiger partial charge on any atom is 0.223 e. The van der Waals surface area contributed by atoms with Gasteiger partial charge in [0.1, 0.15) is 0 Å². The molecular weight excluding hydrogens is 281 g/mol. The molecule has 104 valence electrons. The van der Waals surface area contributed by atoms with Gasteiger partial charge in [0.2, 0.25) is 5.91 Å². The van der Waals surface area contributed by atoms with Gasteiger partial charge in [-0.2, -0.15) is 0 Å². The summed E-state index contributed by atoms with van der Waals surface area (Å²) >= 11 is 11.5. The molecule has 2 nitrogen and oxygen atoms in total. The predicted octanol–water partition coefficient (Wildman–Crippen LogP) is 4.24. The van der Waals surface area contributed by atoms with E-state index in [4.69, 9.17) is 23.2 Å². The predicted molar refractivity (Wildman–Crippen MR) is 79.6 cm³/mol. The molecule has 1 saturated carbocycles. The summed E-state index contributed by atoms with van der Waals surface area (Å²) in [5.74, 6) is 0.885. The van der Waals surface area contributed by atoms with Crippen molar-refractivity contribution in [1.29, 1.82) is 0 Å². The fourth-order valence-corrected chi connectivity index (χ4v) is 2.42. The molecule has 0 atom stereocenters. The van der Waals surface area contributed by atoms with Crippen LogP contribution < -0.4 is 0 Å². The Balaban J connectivity index is 1.92. The van der Waals surface area contributed by atoms with Gasteiger partial charge in [-0.05, 0) is 43.4 Å². The van der Waals surface area contributed by atoms with Gasteiger partial charge in [-0.25, -0.2) is 0 Å². The molecule has 2 rings (SSSR count). The number of nitrogens with zero attached hydrogens (tertiary/aromatic N) is 1. The van der Waals surface area contributed by atoms with Crippen LogP contribution >= 0.6 is 23.2 Å². The Hall–Kier alpha value is -0.730. The third-order valence-corrected chi connectivity index (χ3v) is 3.87. The first-order chi connectivity index (χ1) is 9.20. The SMILES string of the molecule is O=C(CCCCCl)N(Cc1ccc(Cl)cc1)C1CC1. The molecule has 0 unspecified atom stereocenters. The van der Waals surface area contributed by atoms with E-state index in [-0.39, 0.29) is 5.91 Å². The van der Waals surface area contributed by atoms with Gasteiger partial charge in [0.15, 0.2) is 0 Å². The minimum Gasteiger partial charge on any atom is -0.335 e. The molecule has 1 aromatic rings. The summed E-state index contributed by atoms with van der Waals surface area (Å²) in [7, 11) is 0.